The van der Waals surface area contributed by atoms with Gasteiger partial charge in [0.1, 0.15) is 22.8 Å². The first-order valence-electron chi connectivity index (χ1n) is 9.19. The number of ether oxygens (including phenoxy) is 1. The van der Waals surface area contributed by atoms with E-state index in [0.29, 0.717) is 25.2 Å². The molecule has 6 heteroatoms. The van der Waals surface area contributed by atoms with E-state index in [4.69, 9.17) is 4.74 Å². The predicted molar refractivity (Wildman–Crippen MR) is 100 cm³/mol. The van der Waals surface area contributed by atoms with Crippen LogP contribution in [0.15, 0.2) is 17.0 Å². The van der Waals surface area contributed by atoms with Crippen LogP contribution in [0.5, 0.6) is 0 Å². The lowest BCUT2D eigenvalue weighted by Crippen LogP contribution is -2.56. The topological polar surface area (TPSA) is 72.5 Å². The van der Waals surface area contributed by atoms with Crippen molar-refractivity contribution in [2.45, 2.75) is 64.3 Å². The van der Waals surface area contributed by atoms with Crippen molar-refractivity contribution in [1.82, 2.24) is 4.72 Å². The summed E-state index contributed by atoms with van der Waals surface area (Å²) in [5, 5.41) is 0. The summed E-state index contributed by atoms with van der Waals surface area (Å²) in [6.45, 7) is 7.95. The minimum absolute atomic E-state index is 0.0668. The number of carbonyl (C=O) groups is 2. The molecule has 142 valence electrons. The number of carbonyl (C=O) groups excluding carboxylic acids is 2. The summed E-state index contributed by atoms with van der Waals surface area (Å²) in [7, 11) is -1.49. The van der Waals surface area contributed by atoms with E-state index in [0.717, 1.165) is 34.4 Å². The molecule has 1 aromatic rings. The molecule has 0 bridgehead atoms. The number of ketones is 1. The summed E-state index contributed by atoms with van der Waals surface area (Å²) in [4.78, 5) is 24.5. The second-order valence-electron chi connectivity index (χ2n) is 7.90. The monoisotopic (exact) mass is 377 g/mol. The van der Waals surface area contributed by atoms with Crippen LogP contribution in [0.25, 0.3) is 0 Å². The third kappa shape index (κ3) is 3.62. The van der Waals surface area contributed by atoms with Gasteiger partial charge in [0.15, 0.2) is 0 Å². The van der Waals surface area contributed by atoms with Crippen molar-refractivity contribution in [2.75, 3.05) is 6.61 Å². The third-order valence-electron chi connectivity index (χ3n) is 5.57. The van der Waals surface area contributed by atoms with E-state index in [9.17, 15) is 13.8 Å². The standard InChI is InChI=1S/C20H27NO4S/c1-5-25-19(23)17(15-8-20(9-15)10-16(22)11-20)21-26(24)18-13(3)6-12(2)7-14(18)4/h6-7,15,17,21H,5,8-11H2,1-4H3/t17-,26?/m0/s1. The van der Waals surface area contributed by atoms with Gasteiger partial charge < -0.3 is 4.74 Å². The zero-order chi connectivity index (χ0) is 19.1. The van der Waals surface area contributed by atoms with E-state index in [-0.39, 0.29) is 17.3 Å². The SMILES string of the molecule is CCOC(=O)[C@@H](NS(=O)c1c(C)cc(C)cc1C)C1CC2(CC(=O)C2)C1. The van der Waals surface area contributed by atoms with Crippen LogP contribution in [0.2, 0.25) is 0 Å². The molecular weight excluding hydrogens is 350 g/mol. The van der Waals surface area contributed by atoms with Gasteiger partial charge in [0.2, 0.25) is 0 Å². The minimum Gasteiger partial charge on any atom is -0.465 e. The predicted octanol–water partition coefficient (Wildman–Crippen LogP) is 2.92. The fourth-order valence-electron chi connectivity index (χ4n) is 4.56. The molecule has 2 aliphatic carbocycles. The lowest BCUT2D eigenvalue weighted by molar-refractivity contribution is -0.154. The summed E-state index contributed by atoms with van der Waals surface area (Å²) < 4.78 is 21.2. The van der Waals surface area contributed by atoms with Crippen LogP contribution >= 0.6 is 0 Å². The number of hydrogen-bond acceptors (Lipinski definition) is 4. The number of hydrogen-bond donors (Lipinski definition) is 1. The number of benzene rings is 1. The van der Waals surface area contributed by atoms with Gasteiger partial charge in [0.05, 0.1) is 11.5 Å². The molecule has 1 aromatic carbocycles. The molecule has 0 aliphatic heterocycles. The molecule has 2 aliphatic rings. The maximum absolute atomic E-state index is 13.0. The van der Waals surface area contributed by atoms with E-state index >= 15 is 0 Å². The van der Waals surface area contributed by atoms with Crippen LogP contribution in [-0.2, 0) is 25.3 Å². The molecule has 1 unspecified atom stereocenters. The number of esters is 1. The van der Waals surface area contributed by atoms with Crippen LogP contribution in [-0.4, -0.2) is 28.6 Å². The lowest BCUT2D eigenvalue weighted by atomic mass is 9.50. The van der Waals surface area contributed by atoms with Crippen LogP contribution in [0.3, 0.4) is 0 Å². The second kappa shape index (κ2) is 7.24. The molecule has 0 radical (unpaired) electrons. The van der Waals surface area contributed by atoms with Crippen LogP contribution in [0.1, 0.15) is 49.3 Å². The lowest BCUT2D eigenvalue weighted by Gasteiger charge is -2.54. The van der Waals surface area contributed by atoms with Crippen LogP contribution in [0, 0.1) is 32.1 Å². The van der Waals surface area contributed by atoms with Gasteiger partial charge in [-0.25, -0.2) is 8.93 Å². The van der Waals surface area contributed by atoms with Gasteiger partial charge >= 0.3 is 5.97 Å². The largest absolute Gasteiger partial charge is 0.465 e. The second-order valence-corrected chi connectivity index (χ2v) is 9.09. The Morgan fingerprint density at radius 3 is 2.35 bits per heavy atom. The molecule has 0 amide bonds. The molecule has 3 rings (SSSR count). The molecule has 5 nitrogen and oxygen atoms in total. The molecule has 2 atom stereocenters. The number of Topliss-reactive ketones (excluding diaryl/α,β-unsaturated/α-hetero) is 1. The van der Waals surface area contributed by atoms with Crippen molar-refractivity contribution in [3.8, 4) is 0 Å². The number of nitrogens with one attached hydrogen (secondary N) is 1. The molecular formula is C20H27NO4S. The molecule has 1 N–H and O–H groups in total. The summed E-state index contributed by atoms with van der Waals surface area (Å²) in [5.74, 6) is 0.0181. The quantitative estimate of drug-likeness (QED) is 0.774. The van der Waals surface area contributed by atoms with Crippen molar-refractivity contribution in [3.63, 3.8) is 0 Å². The van der Waals surface area contributed by atoms with Crippen LogP contribution in [0.4, 0.5) is 0 Å². The zero-order valence-electron chi connectivity index (χ0n) is 15.9. The van der Waals surface area contributed by atoms with E-state index in [2.05, 4.69) is 4.72 Å². The molecule has 1 spiro atoms. The van der Waals surface area contributed by atoms with Crippen molar-refractivity contribution in [3.05, 3.63) is 28.8 Å². The molecule has 0 saturated heterocycles. The smallest absolute Gasteiger partial charge is 0.324 e. The maximum atomic E-state index is 13.0. The number of rotatable bonds is 6. The Morgan fingerprint density at radius 1 is 1.27 bits per heavy atom. The summed E-state index contributed by atoms with van der Waals surface area (Å²) >= 11 is 0. The average Bonchev–Trinajstić information content (AvgIpc) is 2.46. The third-order valence-corrected chi connectivity index (χ3v) is 7.05. The van der Waals surface area contributed by atoms with E-state index < -0.39 is 17.0 Å². The first-order valence-corrected chi connectivity index (χ1v) is 10.3. The van der Waals surface area contributed by atoms with Crippen molar-refractivity contribution in [1.29, 1.82) is 0 Å². The van der Waals surface area contributed by atoms with Crippen molar-refractivity contribution >= 4 is 22.7 Å². The first kappa shape index (κ1) is 19.2. The maximum Gasteiger partial charge on any atom is 0.324 e. The summed E-state index contributed by atoms with van der Waals surface area (Å²) in [6.07, 6.45) is 2.88. The Kier molecular flexibility index (Phi) is 5.35. The van der Waals surface area contributed by atoms with Gasteiger partial charge in [-0.05, 0) is 63.0 Å². The van der Waals surface area contributed by atoms with Gasteiger partial charge in [-0.15, -0.1) is 0 Å². The normalized spacial score (nSPS) is 21.0. The molecule has 0 aromatic heterocycles. The number of aryl methyl sites for hydroxylation is 3. The molecule has 26 heavy (non-hydrogen) atoms. The van der Waals surface area contributed by atoms with Gasteiger partial charge in [-0.2, -0.15) is 0 Å². The highest BCUT2D eigenvalue weighted by atomic mass is 32.2. The molecule has 2 fully saturated rings. The fraction of sp³-hybridized carbons (Fsp3) is 0.600. The summed E-state index contributed by atoms with van der Waals surface area (Å²) in [5.41, 5.74) is 3.11. The van der Waals surface area contributed by atoms with Gasteiger partial charge in [0.25, 0.3) is 0 Å². The van der Waals surface area contributed by atoms with Crippen LogP contribution < -0.4 is 4.72 Å². The Morgan fingerprint density at radius 2 is 1.85 bits per heavy atom. The average molecular weight is 378 g/mol. The van der Waals surface area contributed by atoms with Crippen molar-refractivity contribution in [2.24, 2.45) is 11.3 Å². The van der Waals surface area contributed by atoms with Gasteiger partial charge in [-0.3, -0.25) is 9.59 Å². The van der Waals surface area contributed by atoms with Gasteiger partial charge in [0, 0.05) is 12.8 Å². The minimum atomic E-state index is -1.49. The highest BCUT2D eigenvalue weighted by Gasteiger charge is 2.55. The fourth-order valence-corrected chi connectivity index (χ4v) is 5.90. The first-order chi connectivity index (χ1) is 12.2. The van der Waals surface area contributed by atoms with E-state index in [1.165, 1.54) is 0 Å². The molecule has 2 saturated carbocycles. The van der Waals surface area contributed by atoms with Crippen molar-refractivity contribution < 1.29 is 18.5 Å². The highest BCUT2D eigenvalue weighted by molar-refractivity contribution is 7.83. The Bertz CT molecular complexity index is 734. The Labute approximate surface area is 157 Å². The van der Waals surface area contributed by atoms with E-state index in [1.807, 2.05) is 32.9 Å². The van der Waals surface area contributed by atoms with Gasteiger partial charge in [-0.1, -0.05) is 17.7 Å². The van der Waals surface area contributed by atoms with E-state index in [1.54, 1.807) is 6.92 Å². The molecule has 0 heterocycles. The zero-order valence-corrected chi connectivity index (χ0v) is 16.7. The highest BCUT2D eigenvalue weighted by Crippen LogP contribution is 2.58. The Hall–Kier alpha value is -1.53. The summed E-state index contributed by atoms with van der Waals surface area (Å²) in [6, 6.07) is 3.40. The Balaban J connectivity index is 1.75.